The summed E-state index contributed by atoms with van der Waals surface area (Å²) in [6.07, 6.45) is -0.0452. The summed E-state index contributed by atoms with van der Waals surface area (Å²) in [5.74, 6) is -0.189. The van der Waals surface area contributed by atoms with Crippen LogP contribution in [0.25, 0.3) is 0 Å². The van der Waals surface area contributed by atoms with Crippen LogP contribution in [0.4, 0.5) is 0 Å². The Morgan fingerprint density at radius 1 is 1.24 bits per heavy atom. The molecule has 2 saturated carbocycles. The van der Waals surface area contributed by atoms with Gasteiger partial charge in [0.05, 0.1) is 18.8 Å². The maximum absolute atomic E-state index is 10.4. The van der Waals surface area contributed by atoms with Crippen LogP contribution in [-0.4, -0.2) is 58.4 Å². The van der Waals surface area contributed by atoms with Gasteiger partial charge in [0.15, 0.2) is 12.1 Å². The third-order valence-electron chi connectivity index (χ3n) is 5.93. The van der Waals surface area contributed by atoms with Crippen LogP contribution in [0.3, 0.4) is 0 Å². The van der Waals surface area contributed by atoms with Crippen LogP contribution in [0.2, 0.25) is 0 Å². The minimum atomic E-state index is -0.973. The number of hydrogen-bond donors (Lipinski definition) is 3. The molecule has 2 heterocycles. The highest BCUT2D eigenvalue weighted by molar-refractivity contribution is 5.19. The van der Waals surface area contributed by atoms with Crippen molar-refractivity contribution in [2.45, 2.75) is 69.6 Å². The zero-order valence-electron chi connectivity index (χ0n) is 12.4. The molecule has 0 amide bonds. The fraction of sp³-hybridized carbons (Fsp3) is 1.00. The van der Waals surface area contributed by atoms with Crippen LogP contribution in [0.5, 0.6) is 0 Å². The summed E-state index contributed by atoms with van der Waals surface area (Å²) in [7, 11) is 0. The Balaban J connectivity index is 1.70. The molecular formula is C15H24O6. The lowest BCUT2D eigenvalue weighted by molar-refractivity contribution is -0.261. The summed E-state index contributed by atoms with van der Waals surface area (Å²) in [6.45, 7) is 3.34. The first-order chi connectivity index (χ1) is 9.89. The Morgan fingerprint density at radius 2 is 2.00 bits per heavy atom. The summed E-state index contributed by atoms with van der Waals surface area (Å²) >= 11 is 0. The molecule has 2 aliphatic carbocycles. The van der Waals surface area contributed by atoms with E-state index in [0.29, 0.717) is 5.92 Å². The Morgan fingerprint density at radius 3 is 2.67 bits per heavy atom. The number of rotatable bonds is 2. The van der Waals surface area contributed by atoms with Crippen molar-refractivity contribution in [1.82, 2.24) is 0 Å². The van der Waals surface area contributed by atoms with Gasteiger partial charge in [-0.15, -0.1) is 0 Å². The second-order valence-corrected chi connectivity index (χ2v) is 7.48. The van der Waals surface area contributed by atoms with E-state index in [1.165, 1.54) is 0 Å². The van der Waals surface area contributed by atoms with Crippen molar-refractivity contribution < 1.29 is 29.5 Å². The van der Waals surface area contributed by atoms with Crippen molar-refractivity contribution >= 4 is 0 Å². The van der Waals surface area contributed by atoms with Gasteiger partial charge in [-0.1, -0.05) is 0 Å². The molecule has 3 N–H and O–H groups in total. The standard InChI is InChI=1S/C15H24O6/c1-14(2)20-12-13(21-14)19-11(9(18)6-16)15(12)5-7-3-4-8(17)10(7)15/h7-13,16-18H,3-6H2,1-2H3/t7-,8+,9-,10+,11+,12-,13+,15+/m0/s1. The van der Waals surface area contributed by atoms with Crippen molar-refractivity contribution in [2.24, 2.45) is 17.3 Å². The van der Waals surface area contributed by atoms with Gasteiger partial charge in [-0.05, 0) is 44.9 Å². The first-order valence-electron chi connectivity index (χ1n) is 7.87. The van der Waals surface area contributed by atoms with E-state index in [2.05, 4.69) is 0 Å². The number of hydrogen-bond acceptors (Lipinski definition) is 6. The van der Waals surface area contributed by atoms with E-state index in [1.807, 2.05) is 13.8 Å². The molecule has 8 atom stereocenters. The first kappa shape index (κ1) is 14.4. The third kappa shape index (κ3) is 1.75. The van der Waals surface area contributed by atoms with Gasteiger partial charge in [0.2, 0.25) is 0 Å². The fourth-order valence-corrected chi connectivity index (χ4v) is 5.30. The normalized spacial score (nSPS) is 55.3. The number of fused-ring (bicyclic) bond motifs is 4. The van der Waals surface area contributed by atoms with Crippen molar-refractivity contribution in [3.63, 3.8) is 0 Å². The van der Waals surface area contributed by atoms with Crippen LogP contribution in [0.15, 0.2) is 0 Å². The number of aliphatic hydroxyl groups excluding tert-OH is 3. The van der Waals surface area contributed by atoms with E-state index < -0.39 is 29.7 Å². The van der Waals surface area contributed by atoms with E-state index in [0.717, 1.165) is 19.3 Å². The molecule has 6 nitrogen and oxygen atoms in total. The fourth-order valence-electron chi connectivity index (χ4n) is 5.30. The average molecular weight is 300 g/mol. The Bertz CT molecular complexity index is 434. The molecule has 0 aromatic rings. The SMILES string of the molecule is CC1(C)O[C@H]2O[C@H]([C@@H](O)CO)[C@]3(C[C@@H]4CC[C@@H](O)[C@@H]43)[C@H]2O1. The van der Waals surface area contributed by atoms with E-state index in [4.69, 9.17) is 14.2 Å². The van der Waals surface area contributed by atoms with Gasteiger partial charge in [0.1, 0.15) is 12.2 Å². The molecule has 21 heavy (non-hydrogen) atoms. The average Bonchev–Trinajstić information content (AvgIpc) is 2.95. The zero-order chi connectivity index (χ0) is 15.0. The van der Waals surface area contributed by atoms with Crippen molar-refractivity contribution in [3.05, 3.63) is 0 Å². The van der Waals surface area contributed by atoms with Gasteiger partial charge in [0.25, 0.3) is 0 Å². The molecule has 2 aliphatic heterocycles. The molecule has 6 heteroatoms. The molecular weight excluding hydrogens is 276 g/mol. The lowest BCUT2D eigenvalue weighted by atomic mass is 9.49. The highest BCUT2D eigenvalue weighted by Crippen LogP contribution is 2.68. The topological polar surface area (TPSA) is 88.4 Å². The highest BCUT2D eigenvalue weighted by Gasteiger charge is 2.75. The molecule has 4 aliphatic rings. The highest BCUT2D eigenvalue weighted by atomic mass is 16.8. The van der Waals surface area contributed by atoms with Gasteiger partial charge in [-0.3, -0.25) is 0 Å². The summed E-state index contributed by atoms with van der Waals surface area (Å²) in [5.41, 5.74) is -0.443. The minimum Gasteiger partial charge on any atom is -0.394 e. The van der Waals surface area contributed by atoms with Crippen LogP contribution >= 0.6 is 0 Å². The van der Waals surface area contributed by atoms with Crippen LogP contribution < -0.4 is 0 Å². The maximum atomic E-state index is 10.4. The quantitative estimate of drug-likeness (QED) is 0.665. The second kappa shape index (κ2) is 4.40. The molecule has 120 valence electrons. The monoisotopic (exact) mass is 300 g/mol. The van der Waals surface area contributed by atoms with E-state index in [9.17, 15) is 15.3 Å². The molecule has 4 rings (SSSR count). The molecule has 1 spiro atoms. The minimum absolute atomic E-state index is 0.0659. The second-order valence-electron chi connectivity index (χ2n) is 7.48. The predicted octanol–water partition coefficient (Wildman–Crippen LogP) is -0.00680. The Kier molecular flexibility index (Phi) is 3.01. The largest absolute Gasteiger partial charge is 0.394 e. The number of ether oxygens (including phenoxy) is 3. The van der Waals surface area contributed by atoms with Crippen LogP contribution in [-0.2, 0) is 14.2 Å². The Hall–Kier alpha value is -0.240. The van der Waals surface area contributed by atoms with Gasteiger partial charge < -0.3 is 29.5 Å². The van der Waals surface area contributed by atoms with Gasteiger partial charge in [0, 0.05) is 5.41 Å². The van der Waals surface area contributed by atoms with Crippen molar-refractivity contribution in [1.29, 1.82) is 0 Å². The van der Waals surface area contributed by atoms with Crippen LogP contribution in [0, 0.1) is 17.3 Å². The van der Waals surface area contributed by atoms with Crippen molar-refractivity contribution in [3.8, 4) is 0 Å². The molecule has 4 fully saturated rings. The zero-order valence-corrected chi connectivity index (χ0v) is 12.4. The summed E-state index contributed by atoms with van der Waals surface area (Å²) in [4.78, 5) is 0. The molecule has 2 saturated heterocycles. The maximum Gasteiger partial charge on any atom is 0.188 e. The van der Waals surface area contributed by atoms with Crippen LogP contribution in [0.1, 0.15) is 33.1 Å². The lowest BCUT2D eigenvalue weighted by Gasteiger charge is -2.56. The Labute approximate surface area is 124 Å². The molecule has 0 radical (unpaired) electrons. The van der Waals surface area contributed by atoms with Gasteiger partial charge in [-0.25, -0.2) is 0 Å². The molecule has 0 unspecified atom stereocenters. The van der Waals surface area contributed by atoms with E-state index >= 15 is 0 Å². The number of aliphatic hydroxyl groups is 3. The molecule has 0 aromatic heterocycles. The summed E-state index contributed by atoms with van der Waals surface area (Å²) < 4.78 is 17.8. The van der Waals surface area contributed by atoms with E-state index in [1.54, 1.807) is 0 Å². The smallest absolute Gasteiger partial charge is 0.188 e. The predicted molar refractivity (Wildman–Crippen MR) is 71.1 cm³/mol. The molecule has 0 bridgehead atoms. The van der Waals surface area contributed by atoms with Gasteiger partial charge >= 0.3 is 0 Å². The van der Waals surface area contributed by atoms with Crippen molar-refractivity contribution in [2.75, 3.05) is 6.61 Å². The first-order valence-corrected chi connectivity index (χ1v) is 7.87. The molecule has 0 aromatic carbocycles. The van der Waals surface area contributed by atoms with E-state index in [-0.39, 0.29) is 24.7 Å². The van der Waals surface area contributed by atoms with Gasteiger partial charge in [-0.2, -0.15) is 0 Å². The lowest BCUT2D eigenvalue weighted by Crippen LogP contribution is -2.62. The summed E-state index contributed by atoms with van der Waals surface area (Å²) in [5, 5.41) is 29.9. The third-order valence-corrected chi connectivity index (χ3v) is 5.93. The summed E-state index contributed by atoms with van der Waals surface area (Å²) in [6, 6.07) is 0.